The molecule has 0 aliphatic rings. The molecule has 114 valence electrons. The van der Waals surface area contributed by atoms with Crippen LogP contribution in [0.3, 0.4) is 0 Å². The molecule has 20 heavy (non-hydrogen) atoms. The van der Waals surface area contributed by atoms with Gasteiger partial charge in [0.1, 0.15) is 0 Å². The van der Waals surface area contributed by atoms with Crippen molar-refractivity contribution in [2.24, 2.45) is 0 Å². The van der Waals surface area contributed by atoms with Gasteiger partial charge in [0.2, 0.25) is 0 Å². The van der Waals surface area contributed by atoms with Gasteiger partial charge < -0.3 is 20.4 Å². The summed E-state index contributed by atoms with van der Waals surface area (Å²) >= 11 is 0. The van der Waals surface area contributed by atoms with Crippen LogP contribution >= 0.6 is 0 Å². The Bertz CT molecular complexity index is 312. The standard InChI is InChI=1S/C12H10.4CH4O/c1-3-7-11(8-4-1)12-9-5-2-6-10-12;4*1-2/h1-10H;4*2H,1H3. The van der Waals surface area contributed by atoms with E-state index in [9.17, 15) is 0 Å². The van der Waals surface area contributed by atoms with Crippen molar-refractivity contribution < 1.29 is 20.4 Å². The Kier molecular flexibility index (Phi) is 26.3. The number of aliphatic hydroxyl groups is 4. The number of hydrogen-bond acceptors (Lipinski definition) is 4. The Labute approximate surface area is 121 Å². The van der Waals surface area contributed by atoms with Crippen molar-refractivity contribution in [1.82, 2.24) is 0 Å². The van der Waals surface area contributed by atoms with Crippen molar-refractivity contribution >= 4 is 0 Å². The third-order valence-electron chi connectivity index (χ3n) is 1.88. The normalized spacial score (nSPS) is 7.00. The Balaban J connectivity index is -0.000000314. The van der Waals surface area contributed by atoms with Crippen LogP contribution in [0, 0.1) is 0 Å². The third-order valence-corrected chi connectivity index (χ3v) is 1.88. The molecule has 4 N–H and O–H groups in total. The predicted molar refractivity (Wildman–Crippen MR) is 84.4 cm³/mol. The molecule has 4 heteroatoms. The summed E-state index contributed by atoms with van der Waals surface area (Å²) < 4.78 is 0. The molecule has 0 atom stereocenters. The summed E-state index contributed by atoms with van der Waals surface area (Å²) in [5, 5.41) is 28.0. The Morgan fingerprint density at radius 3 is 0.800 bits per heavy atom. The molecule has 2 rings (SSSR count). The van der Waals surface area contributed by atoms with Crippen molar-refractivity contribution in [2.75, 3.05) is 28.4 Å². The summed E-state index contributed by atoms with van der Waals surface area (Å²) in [5.41, 5.74) is 2.55. The molecule has 0 bridgehead atoms. The van der Waals surface area contributed by atoms with E-state index in [1.165, 1.54) is 11.1 Å². The molecule has 4 nitrogen and oxygen atoms in total. The second-order valence-corrected chi connectivity index (χ2v) is 2.73. The zero-order valence-corrected chi connectivity index (χ0v) is 12.6. The van der Waals surface area contributed by atoms with E-state index in [1.807, 2.05) is 12.1 Å². The lowest BCUT2D eigenvalue weighted by Gasteiger charge is -1.98. The molecule has 0 aromatic heterocycles. The van der Waals surface area contributed by atoms with Gasteiger partial charge in [0.05, 0.1) is 0 Å². The maximum Gasteiger partial charge on any atom is 0.0319 e. The summed E-state index contributed by atoms with van der Waals surface area (Å²) in [6, 6.07) is 20.8. The van der Waals surface area contributed by atoms with Crippen LogP contribution in [0.15, 0.2) is 60.7 Å². The molecule has 0 heterocycles. The largest absolute Gasteiger partial charge is 0.400 e. The third kappa shape index (κ3) is 11.4. The molecule has 2 aromatic rings. The molecule has 0 aliphatic carbocycles. The first kappa shape index (κ1) is 23.4. The topological polar surface area (TPSA) is 80.9 Å². The fourth-order valence-electron chi connectivity index (χ4n) is 1.26. The maximum absolute atomic E-state index is 7.00. The van der Waals surface area contributed by atoms with E-state index in [0.717, 1.165) is 28.4 Å². The highest BCUT2D eigenvalue weighted by molar-refractivity contribution is 5.62. The van der Waals surface area contributed by atoms with Gasteiger partial charge in [-0.3, -0.25) is 0 Å². The van der Waals surface area contributed by atoms with Crippen LogP contribution in [-0.4, -0.2) is 48.9 Å². The molecule has 0 spiro atoms. The summed E-state index contributed by atoms with van der Waals surface area (Å²) in [6.07, 6.45) is 0. The predicted octanol–water partition coefficient (Wildman–Crippen LogP) is 1.79. The van der Waals surface area contributed by atoms with Gasteiger partial charge in [-0.15, -0.1) is 0 Å². The van der Waals surface area contributed by atoms with Crippen LogP contribution in [0.1, 0.15) is 0 Å². The van der Waals surface area contributed by atoms with E-state index in [0.29, 0.717) is 0 Å². The highest BCUT2D eigenvalue weighted by atomic mass is 16.2. The van der Waals surface area contributed by atoms with E-state index < -0.39 is 0 Å². The van der Waals surface area contributed by atoms with Gasteiger partial charge in [0.25, 0.3) is 0 Å². The van der Waals surface area contributed by atoms with Gasteiger partial charge in [-0.1, -0.05) is 60.7 Å². The molecule has 0 aliphatic heterocycles. The molecule has 0 radical (unpaired) electrons. The minimum absolute atomic E-state index is 1.00. The summed E-state index contributed by atoms with van der Waals surface area (Å²) in [4.78, 5) is 0. The minimum atomic E-state index is 1.00. The molecule has 0 fully saturated rings. The number of benzene rings is 2. The van der Waals surface area contributed by atoms with Gasteiger partial charge in [-0.05, 0) is 11.1 Å². The lowest BCUT2D eigenvalue weighted by molar-refractivity contribution is 0.399. The Hall–Kier alpha value is -1.72. The lowest BCUT2D eigenvalue weighted by Crippen LogP contribution is -1.73. The van der Waals surface area contributed by atoms with Crippen LogP contribution in [0.2, 0.25) is 0 Å². The van der Waals surface area contributed by atoms with Crippen molar-refractivity contribution in [3.05, 3.63) is 60.7 Å². The average Bonchev–Trinajstić information content (AvgIpc) is 2.63. The fourth-order valence-corrected chi connectivity index (χ4v) is 1.26. The van der Waals surface area contributed by atoms with Crippen molar-refractivity contribution in [3.8, 4) is 11.1 Å². The summed E-state index contributed by atoms with van der Waals surface area (Å²) in [6.45, 7) is 0. The van der Waals surface area contributed by atoms with Crippen molar-refractivity contribution in [3.63, 3.8) is 0 Å². The van der Waals surface area contributed by atoms with Gasteiger partial charge in [-0.2, -0.15) is 0 Å². The average molecular weight is 282 g/mol. The molecule has 0 amide bonds. The first-order chi connectivity index (χ1) is 9.97. The second-order valence-electron chi connectivity index (χ2n) is 2.73. The van der Waals surface area contributed by atoms with E-state index in [-0.39, 0.29) is 0 Å². The van der Waals surface area contributed by atoms with Crippen molar-refractivity contribution in [1.29, 1.82) is 0 Å². The van der Waals surface area contributed by atoms with Gasteiger partial charge in [-0.25, -0.2) is 0 Å². The second kappa shape index (κ2) is 22.5. The Morgan fingerprint density at radius 2 is 0.600 bits per heavy atom. The smallest absolute Gasteiger partial charge is 0.0319 e. The lowest BCUT2D eigenvalue weighted by atomic mass is 10.1. The van der Waals surface area contributed by atoms with Gasteiger partial charge in [0, 0.05) is 28.4 Å². The molecule has 0 saturated carbocycles. The minimum Gasteiger partial charge on any atom is -0.400 e. The van der Waals surface area contributed by atoms with E-state index in [4.69, 9.17) is 20.4 Å². The van der Waals surface area contributed by atoms with E-state index >= 15 is 0 Å². The summed E-state index contributed by atoms with van der Waals surface area (Å²) in [7, 11) is 4.00. The van der Waals surface area contributed by atoms with Crippen LogP contribution < -0.4 is 0 Å². The highest BCUT2D eigenvalue weighted by Crippen LogP contribution is 2.17. The molecule has 2 aromatic carbocycles. The fraction of sp³-hybridized carbons (Fsp3) is 0.250. The van der Waals surface area contributed by atoms with Crippen LogP contribution in [0.4, 0.5) is 0 Å². The first-order valence-corrected chi connectivity index (χ1v) is 5.86. The monoisotopic (exact) mass is 282 g/mol. The zero-order chi connectivity index (χ0) is 16.2. The van der Waals surface area contributed by atoms with Gasteiger partial charge >= 0.3 is 0 Å². The van der Waals surface area contributed by atoms with Crippen LogP contribution in [0.5, 0.6) is 0 Å². The maximum atomic E-state index is 7.00. The van der Waals surface area contributed by atoms with E-state index in [1.54, 1.807) is 0 Å². The summed E-state index contributed by atoms with van der Waals surface area (Å²) in [5.74, 6) is 0. The number of rotatable bonds is 1. The van der Waals surface area contributed by atoms with E-state index in [2.05, 4.69) is 48.5 Å². The molecule has 0 saturated heterocycles. The zero-order valence-electron chi connectivity index (χ0n) is 12.6. The molecular formula is C16H26O4. The molecular weight excluding hydrogens is 256 g/mol. The van der Waals surface area contributed by atoms with Crippen LogP contribution in [-0.2, 0) is 0 Å². The first-order valence-electron chi connectivity index (χ1n) is 5.86. The number of aliphatic hydroxyl groups excluding tert-OH is 4. The van der Waals surface area contributed by atoms with Crippen molar-refractivity contribution in [2.45, 2.75) is 0 Å². The Morgan fingerprint density at radius 1 is 0.400 bits per heavy atom. The number of hydrogen-bond donors (Lipinski definition) is 4. The van der Waals surface area contributed by atoms with Gasteiger partial charge in [0.15, 0.2) is 0 Å². The SMILES string of the molecule is CO.CO.CO.CO.c1ccc(-c2ccccc2)cc1. The molecule has 0 unspecified atom stereocenters. The highest BCUT2D eigenvalue weighted by Gasteiger charge is 1.91. The van der Waals surface area contributed by atoms with Crippen LogP contribution in [0.25, 0.3) is 11.1 Å². The quantitative estimate of drug-likeness (QED) is 0.643.